The molecule has 1 atom stereocenters. The highest BCUT2D eigenvalue weighted by atomic mass is 19.4. The fourth-order valence-corrected chi connectivity index (χ4v) is 2.32. The SMILES string of the molecule is O=C(NC1CCOC1)c1ccc(Oc2ccc(C(F)(F)F)cn2)cc1. The highest BCUT2D eigenvalue weighted by molar-refractivity contribution is 5.94. The summed E-state index contributed by atoms with van der Waals surface area (Å²) in [4.78, 5) is 15.7. The molecule has 0 spiro atoms. The van der Waals surface area contributed by atoms with Crippen LogP contribution in [0, 0.1) is 0 Å². The van der Waals surface area contributed by atoms with Crippen LogP contribution in [0.15, 0.2) is 42.6 Å². The summed E-state index contributed by atoms with van der Waals surface area (Å²) in [6.45, 7) is 1.14. The number of nitrogens with zero attached hydrogens (tertiary/aromatic N) is 1. The number of nitrogens with one attached hydrogen (secondary N) is 1. The maximum atomic E-state index is 12.5. The van der Waals surface area contributed by atoms with Gasteiger partial charge < -0.3 is 14.8 Å². The Labute approximate surface area is 141 Å². The molecule has 1 aliphatic rings. The molecular weight excluding hydrogens is 337 g/mol. The fraction of sp³-hybridized carbons (Fsp3) is 0.294. The van der Waals surface area contributed by atoms with Crippen molar-refractivity contribution in [1.82, 2.24) is 10.3 Å². The Kier molecular flexibility index (Phi) is 4.89. The van der Waals surface area contributed by atoms with Crippen LogP contribution in [-0.4, -0.2) is 30.1 Å². The molecular formula is C17H15F3N2O3. The van der Waals surface area contributed by atoms with Gasteiger partial charge in [-0.25, -0.2) is 4.98 Å². The van der Waals surface area contributed by atoms with Crippen molar-refractivity contribution in [2.45, 2.75) is 18.6 Å². The Morgan fingerprint density at radius 1 is 1.20 bits per heavy atom. The number of benzene rings is 1. The summed E-state index contributed by atoms with van der Waals surface area (Å²) in [5, 5.41) is 2.86. The number of amides is 1. The first-order chi connectivity index (χ1) is 11.9. The minimum atomic E-state index is -4.44. The van der Waals surface area contributed by atoms with Crippen molar-refractivity contribution in [3.8, 4) is 11.6 Å². The zero-order chi connectivity index (χ0) is 17.9. The lowest BCUT2D eigenvalue weighted by Crippen LogP contribution is -2.34. The molecule has 5 nitrogen and oxygen atoms in total. The molecule has 1 saturated heterocycles. The summed E-state index contributed by atoms with van der Waals surface area (Å²) in [6, 6.07) is 8.31. The first-order valence-electron chi connectivity index (χ1n) is 7.61. The van der Waals surface area contributed by atoms with Crippen LogP contribution in [-0.2, 0) is 10.9 Å². The van der Waals surface area contributed by atoms with Gasteiger partial charge in [0.15, 0.2) is 0 Å². The molecule has 2 aromatic rings. The van der Waals surface area contributed by atoms with Crippen molar-refractivity contribution in [2.75, 3.05) is 13.2 Å². The number of carbonyl (C=O) groups excluding carboxylic acids is 1. The van der Waals surface area contributed by atoms with Gasteiger partial charge in [-0.05, 0) is 36.8 Å². The topological polar surface area (TPSA) is 60.5 Å². The monoisotopic (exact) mass is 352 g/mol. The van der Waals surface area contributed by atoms with Gasteiger partial charge in [-0.2, -0.15) is 13.2 Å². The molecule has 1 unspecified atom stereocenters. The second kappa shape index (κ2) is 7.10. The Balaban J connectivity index is 1.61. The molecule has 132 valence electrons. The van der Waals surface area contributed by atoms with E-state index in [-0.39, 0.29) is 17.8 Å². The number of hydrogen-bond acceptors (Lipinski definition) is 4. The summed E-state index contributed by atoms with van der Waals surface area (Å²) in [6.07, 6.45) is -2.95. The van der Waals surface area contributed by atoms with Crippen LogP contribution in [0.4, 0.5) is 13.2 Å². The number of carbonyl (C=O) groups is 1. The van der Waals surface area contributed by atoms with Crippen LogP contribution in [0.1, 0.15) is 22.3 Å². The van der Waals surface area contributed by atoms with Gasteiger partial charge in [0, 0.05) is 24.4 Å². The van der Waals surface area contributed by atoms with E-state index in [9.17, 15) is 18.0 Å². The average Bonchev–Trinajstić information content (AvgIpc) is 3.08. The van der Waals surface area contributed by atoms with E-state index in [4.69, 9.17) is 9.47 Å². The molecule has 2 heterocycles. The summed E-state index contributed by atoms with van der Waals surface area (Å²) in [7, 11) is 0. The Bertz CT molecular complexity index is 724. The maximum Gasteiger partial charge on any atom is 0.417 e. The van der Waals surface area contributed by atoms with E-state index in [1.807, 2.05) is 0 Å². The van der Waals surface area contributed by atoms with Crippen LogP contribution in [0.3, 0.4) is 0 Å². The van der Waals surface area contributed by atoms with Gasteiger partial charge in [0.25, 0.3) is 5.91 Å². The number of aromatic nitrogens is 1. The van der Waals surface area contributed by atoms with Gasteiger partial charge >= 0.3 is 6.18 Å². The lowest BCUT2D eigenvalue weighted by molar-refractivity contribution is -0.137. The van der Waals surface area contributed by atoms with Gasteiger partial charge in [0.05, 0.1) is 18.2 Å². The predicted octanol–water partition coefficient (Wildman–Crippen LogP) is 3.41. The molecule has 8 heteroatoms. The second-order valence-electron chi connectivity index (χ2n) is 5.54. The van der Waals surface area contributed by atoms with Gasteiger partial charge in [-0.1, -0.05) is 0 Å². The standard InChI is InChI=1S/C17H15F3N2O3/c18-17(19,20)12-3-6-15(21-9-12)25-14-4-1-11(2-5-14)16(23)22-13-7-8-24-10-13/h1-6,9,13H,7-8,10H2,(H,22,23). The molecule has 0 saturated carbocycles. The second-order valence-corrected chi connectivity index (χ2v) is 5.54. The largest absolute Gasteiger partial charge is 0.439 e. The molecule has 1 N–H and O–H groups in total. The van der Waals surface area contributed by atoms with E-state index < -0.39 is 11.7 Å². The van der Waals surface area contributed by atoms with E-state index >= 15 is 0 Å². The molecule has 1 aromatic carbocycles. The molecule has 1 aliphatic heterocycles. The molecule has 0 aliphatic carbocycles. The number of pyridine rings is 1. The molecule has 0 radical (unpaired) electrons. The molecule has 0 bridgehead atoms. The molecule has 25 heavy (non-hydrogen) atoms. The summed E-state index contributed by atoms with van der Waals surface area (Å²) in [5.41, 5.74) is -0.387. The van der Waals surface area contributed by atoms with E-state index in [0.29, 0.717) is 30.7 Å². The number of alkyl halides is 3. The van der Waals surface area contributed by atoms with E-state index in [2.05, 4.69) is 10.3 Å². The Hall–Kier alpha value is -2.61. The van der Waals surface area contributed by atoms with Crippen molar-refractivity contribution in [3.63, 3.8) is 0 Å². The Morgan fingerprint density at radius 2 is 1.96 bits per heavy atom. The molecule has 1 aromatic heterocycles. The normalized spacial score (nSPS) is 17.3. The Morgan fingerprint density at radius 3 is 2.52 bits per heavy atom. The van der Waals surface area contributed by atoms with Crippen LogP contribution in [0.2, 0.25) is 0 Å². The highest BCUT2D eigenvalue weighted by Gasteiger charge is 2.30. The summed E-state index contributed by atoms with van der Waals surface area (Å²) in [5.74, 6) is 0.191. The highest BCUT2D eigenvalue weighted by Crippen LogP contribution is 2.30. The molecule has 1 amide bonds. The third-order valence-corrected chi connectivity index (χ3v) is 3.67. The van der Waals surface area contributed by atoms with Gasteiger partial charge in [0.1, 0.15) is 5.75 Å². The van der Waals surface area contributed by atoms with E-state index in [1.54, 1.807) is 24.3 Å². The van der Waals surface area contributed by atoms with Crippen molar-refractivity contribution in [1.29, 1.82) is 0 Å². The number of rotatable bonds is 4. The summed E-state index contributed by atoms with van der Waals surface area (Å²) >= 11 is 0. The third-order valence-electron chi connectivity index (χ3n) is 3.67. The average molecular weight is 352 g/mol. The van der Waals surface area contributed by atoms with Crippen molar-refractivity contribution in [3.05, 3.63) is 53.7 Å². The van der Waals surface area contributed by atoms with E-state index in [0.717, 1.165) is 18.6 Å². The number of ether oxygens (including phenoxy) is 2. The van der Waals surface area contributed by atoms with Gasteiger partial charge in [-0.3, -0.25) is 4.79 Å². The minimum absolute atomic E-state index is 0.0137. The fourth-order valence-electron chi connectivity index (χ4n) is 2.32. The maximum absolute atomic E-state index is 12.5. The number of hydrogen-bond donors (Lipinski definition) is 1. The third kappa shape index (κ3) is 4.48. The zero-order valence-electron chi connectivity index (χ0n) is 13.0. The predicted molar refractivity (Wildman–Crippen MR) is 82.4 cm³/mol. The van der Waals surface area contributed by atoms with Crippen LogP contribution in [0.5, 0.6) is 11.6 Å². The quantitative estimate of drug-likeness (QED) is 0.916. The minimum Gasteiger partial charge on any atom is -0.439 e. The van der Waals surface area contributed by atoms with Crippen LogP contribution >= 0.6 is 0 Å². The smallest absolute Gasteiger partial charge is 0.417 e. The van der Waals surface area contributed by atoms with Crippen molar-refractivity contribution in [2.24, 2.45) is 0 Å². The van der Waals surface area contributed by atoms with Crippen molar-refractivity contribution < 1.29 is 27.4 Å². The number of halogens is 3. The first kappa shape index (κ1) is 17.2. The zero-order valence-corrected chi connectivity index (χ0v) is 13.0. The van der Waals surface area contributed by atoms with Crippen LogP contribution in [0.25, 0.3) is 0 Å². The van der Waals surface area contributed by atoms with E-state index in [1.165, 1.54) is 0 Å². The van der Waals surface area contributed by atoms with Crippen molar-refractivity contribution >= 4 is 5.91 Å². The van der Waals surface area contributed by atoms with Crippen LogP contribution < -0.4 is 10.1 Å². The molecule has 1 fully saturated rings. The molecule has 3 rings (SSSR count). The van der Waals surface area contributed by atoms with Gasteiger partial charge in [-0.15, -0.1) is 0 Å². The lowest BCUT2D eigenvalue weighted by Gasteiger charge is -2.11. The first-order valence-corrected chi connectivity index (χ1v) is 7.61. The van der Waals surface area contributed by atoms with Gasteiger partial charge in [0.2, 0.25) is 5.88 Å². The summed E-state index contributed by atoms with van der Waals surface area (Å²) < 4.78 is 48.0. The lowest BCUT2D eigenvalue weighted by atomic mass is 10.2.